The molecule has 0 aromatic carbocycles. The van der Waals surface area contributed by atoms with Gasteiger partial charge in [0.2, 0.25) is 11.8 Å². The zero-order chi connectivity index (χ0) is 14.5. The van der Waals surface area contributed by atoms with Crippen molar-refractivity contribution >= 4 is 29.6 Å². The van der Waals surface area contributed by atoms with E-state index in [1.54, 1.807) is 18.7 Å². The summed E-state index contributed by atoms with van der Waals surface area (Å²) in [4.78, 5) is 35.3. The van der Waals surface area contributed by atoms with Crippen LogP contribution in [0.15, 0.2) is 0 Å². The second-order valence-electron chi connectivity index (χ2n) is 4.78. The van der Waals surface area contributed by atoms with Crippen molar-refractivity contribution in [2.24, 2.45) is 5.41 Å². The quantitative estimate of drug-likeness (QED) is 0.555. The van der Waals surface area contributed by atoms with Crippen molar-refractivity contribution in [1.29, 1.82) is 0 Å². The number of hydrogen-bond donors (Lipinski definition) is 2. The van der Waals surface area contributed by atoms with Gasteiger partial charge in [0, 0.05) is 5.25 Å². The molecule has 1 rings (SSSR count). The molecule has 0 aromatic heterocycles. The van der Waals surface area contributed by atoms with E-state index in [-0.39, 0.29) is 5.25 Å². The fraction of sp³-hybridized carbons (Fsp3) is 0.769. The summed E-state index contributed by atoms with van der Waals surface area (Å²) in [6, 6.07) is -0.720. The summed E-state index contributed by atoms with van der Waals surface area (Å²) in [7, 11) is 0. The normalized spacial score (nSPS) is 19.8. The summed E-state index contributed by atoms with van der Waals surface area (Å²) < 4.78 is 0. The number of barbiturate groups is 1. The topological polar surface area (TPSA) is 75.3 Å². The van der Waals surface area contributed by atoms with Gasteiger partial charge in [-0.05, 0) is 18.6 Å². The first-order valence-corrected chi connectivity index (χ1v) is 7.82. The van der Waals surface area contributed by atoms with E-state index in [9.17, 15) is 14.4 Å². The molecule has 0 saturated carbocycles. The van der Waals surface area contributed by atoms with Gasteiger partial charge in [-0.1, -0.05) is 33.6 Å². The zero-order valence-corrected chi connectivity index (χ0v) is 12.6. The third kappa shape index (κ3) is 3.29. The maximum atomic E-state index is 12.1. The molecule has 6 heteroatoms. The Kier molecular flexibility index (Phi) is 5.85. The van der Waals surface area contributed by atoms with Crippen molar-refractivity contribution in [3.8, 4) is 0 Å². The smallest absolute Gasteiger partial charge is 0.277 e. The molecule has 108 valence electrons. The van der Waals surface area contributed by atoms with Gasteiger partial charge in [-0.25, -0.2) is 4.79 Å². The van der Waals surface area contributed by atoms with E-state index in [1.807, 2.05) is 6.92 Å². The number of amides is 4. The van der Waals surface area contributed by atoms with E-state index in [1.165, 1.54) is 0 Å². The van der Waals surface area contributed by atoms with E-state index in [0.717, 1.165) is 25.0 Å². The van der Waals surface area contributed by atoms with Crippen LogP contribution < -0.4 is 10.6 Å². The van der Waals surface area contributed by atoms with Crippen LogP contribution >= 0.6 is 11.8 Å². The summed E-state index contributed by atoms with van der Waals surface area (Å²) in [5.74, 6) is -0.0240. The van der Waals surface area contributed by atoms with Gasteiger partial charge in [-0.15, -0.1) is 0 Å². The molecular weight excluding hydrogens is 264 g/mol. The highest BCUT2D eigenvalue weighted by molar-refractivity contribution is 7.99. The molecule has 5 nitrogen and oxygen atoms in total. The fourth-order valence-corrected chi connectivity index (χ4v) is 3.69. The predicted molar refractivity (Wildman–Crippen MR) is 75.9 cm³/mol. The number of unbranched alkanes of at least 4 members (excludes halogenated alkanes) is 2. The Morgan fingerprint density at radius 3 is 2.16 bits per heavy atom. The standard InChI is InChI=1S/C13H22N2O3S/c1-4-6-7-8-19-9(3)13(5-2)10(16)14-12(18)15-11(13)17/h9H,4-8H2,1-3H3,(H2,14,15,16,17,18). The minimum absolute atomic E-state index is 0.151. The lowest BCUT2D eigenvalue weighted by molar-refractivity contribution is -0.144. The summed E-state index contributed by atoms with van der Waals surface area (Å²) >= 11 is 1.62. The Morgan fingerprint density at radius 1 is 1.11 bits per heavy atom. The molecule has 4 amide bonds. The highest BCUT2D eigenvalue weighted by Gasteiger charge is 2.52. The maximum Gasteiger partial charge on any atom is 0.328 e. The largest absolute Gasteiger partial charge is 0.328 e. The van der Waals surface area contributed by atoms with Crippen molar-refractivity contribution in [3.05, 3.63) is 0 Å². The zero-order valence-electron chi connectivity index (χ0n) is 11.7. The van der Waals surface area contributed by atoms with E-state index < -0.39 is 23.3 Å². The Labute approximate surface area is 118 Å². The van der Waals surface area contributed by atoms with Crippen LogP contribution in [0.4, 0.5) is 4.79 Å². The molecular formula is C13H22N2O3S. The Balaban J connectivity index is 2.75. The Bertz CT molecular complexity index is 351. The first kappa shape index (κ1) is 16.0. The number of carbonyl (C=O) groups is 3. The number of hydrogen-bond acceptors (Lipinski definition) is 4. The molecule has 1 aliphatic heterocycles. The van der Waals surface area contributed by atoms with Gasteiger partial charge in [0.25, 0.3) is 0 Å². The van der Waals surface area contributed by atoms with E-state index in [0.29, 0.717) is 6.42 Å². The number of imide groups is 2. The lowest BCUT2D eigenvalue weighted by Gasteiger charge is -2.37. The molecule has 1 aliphatic rings. The average molecular weight is 286 g/mol. The molecule has 1 heterocycles. The highest BCUT2D eigenvalue weighted by Crippen LogP contribution is 2.37. The van der Waals surface area contributed by atoms with E-state index >= 15 is 0 Å². The van der Waals surface area contributed by atoms with Gasteiger partial charge < -0.3 is 0 Å². The Hall–Kier alpha value is -1.04. The summed E-state index contributed by atoms with van der Waals surface area (Å²) in [5.41, 5.74) is -1.13. The molecule has 1 atom stereocenters. The van der Waals surface area contributed by atoms with E-state index in [2.05, 4.69) is 17.6 Å². The minimum atomic E-state index is -1.13. The van der Waals surface area contributed by atoms with Crippen LogP contribution in [0.5, 0.6) is 0 Å². The maximum absolute atomic E-state index is 12.1. The molecule has 19 heavy (non-hydrogen) atoms. The predicted octanol–water partition coefficient (Wildman–Crippen LogP) is 2.06. The van der Waals surface area contributed by atoms with Crippen LogP contribution in [0.3, 0.4) is 0 Å². The van der Waals surface area contributed by atoms with Crippen molar-refractivity contribution < 1.29 is 14.4 Å². The molecule has 0 spiro atoms. The highest BCUT2D eigenvalue weighted by atomic mass is 32.2. The van der Waals surface area contributed by atoms with Gasteiger partial charge in [0.15, 0.2) is 0 Å². The molecule has 0 aliphatic carbocycles. The molecule has 1 saturated heterocycles. The molecule has 0 radical (unpaired) electrons. The second kappa shape index (κ2) is 6.93. The monoisotopic (exact) mass is 286 g/mol. The first-order chi connectivity index (χ1) is 8.98. The summed E-state index contributed by atoms with van der Waals surface area (Å²) in [6.07, 6.45) is 3.76. The minimum Gasteiger partial charge on any atom is -0.277 e. The average Bonchev–Trinajstić information content (AvgIpc) is 2.34. The first-order valence-electron chi connectivity index (χ1n) is 6.77. The van der Waals surface area contributed by atoms with Gasteiger partial charge >= 0.3 is 6.03 Å². The number of rotatable bonds is 7. The van der Waals surface area contributed by atoms with Crippen LogP contribution in [-0.2, 0) is 9.59 Å². The third-order valence-electron chi connectivity index (χ3n) is 3.63. The Morgan fingerprint density at radius 2 is 1.68 bits per heavy atom. The van der Waals surface area contributed by atoms with Crippen LogP contribution in [0.25, 0.3) is 0 Å². The van der Waals surface area contributed by atoms with Crippen molar-refractivity contribution in [2.75, 3.05) is 5.75 Å². The number of urea groups is 1. The summed E-state index contributed by atoms with van der Waals surface area (Å²) in [6.45, 7) is 5.82. The van der Waals surface area contributed by atoms with Crippen molar-refractivity contribution in [1.82, 2.24) is 10.6 Å². The number of nitrogens with one attached hydrogen (secondary N) is 2. The van der Waals surface area contributed by atoms with Crippen LogP contribution in [0.2, 0.25) is 0 Å². The van der Waals surface area contributed by atoms with Gasteiger partial charge in [-0.3, -0.25) is 20.2 Å². The van der Waals surface area contributed by atoms with Crippen LogP contribution in [-0.4, -0.2) is 28.8 Å². The lowest BCUT2D eigenvalue weighted by Crippen LogP contribution is -2.65. The third-order valence-corrected chi connectivity index (χ3v) is 5.06. The molecule has 1 unspecified atom stereocenters. The lowest BCUT2D eigenvalue weighted by atomic mass is 9.79. The molecule has 2 N–H and O–H groups in total. The number of carbonyl (C=O) groups excluding carboxylic acids is 3. The van der Waals surface area contributed by atoms with Crippen LogP contribution in [0.1, 0.15) is 46.5 Å². The fourth-order valence-electron chi connectivity index (χ4n) is 2.30. The molecule has 0 aromatic rings. The van der Waals surface area contributed by atoms with Gasteiger partial charge in [0.05, 0.1) is 0 Å². The van der Waals surface area contributed by atoms with E-state index in [4.69, 9.17) is 0 Å². The van der Waals surface area contributed by atoms with Crippen molar-refractivity contribution in [3.63, 3.8) is 0 Å². The van der Waals surface area contributed by atoms with Gasteiger partial charge in [0.1, 0.15) is 5.41 Å². The SMILES string of the molecule is CCCCCSC(C)C1(CC)C(=O)NC(=O)NC1=O. The van der Waals surface area contributed by atoms with Crippen molar-refractivity contribution in [2.45, 2.75) is 51.7 Å². The molecule has 1 fully saturated rings. The van der Waals surface area contributed by atoms with Gasteiger partial charge in [-0.2, -0.15) is 11.8 Å². The number of thioether (sulfide) groups is 1. The van der Waals surface area contributed by atoms with Crippen LogP contribution in [0, 0.1) is 5.41 Å². The second-order valence-corrected chi connectivity index (χ2v) is 6.23. The molecule has 0 bridgehead atoms. The summed E-state index contributed by atoms with van der Waals surface area (Å²) in [5, 5.41) is 4.27.